The summed E-state index contributed by atoms with van der Waals surface area (Å²) in [5, 5.41) is 0.506. The lowest BCUT2D eigenvalue weighted by Crippen LogP contribution is -2.12. The summed E-state index contributed by atoms with van der Waals surface area (Å²) in [4.78, 5) is 0. The molecule has 0 aromatic heterocycles. The summed E-state index contributed by atoms with van der Waals surface area (Å²) in [6, 6.07) is 7.74. The molecule has 18 heavy (non-hydrogen) atoms. The van der Waals surface area contributed by atoms with Crippen LogP contribution in [0.4, 0.5) is 8.78 Å². The number of halogens is 4. The molecule has 2 aromatic rings. The molecule has 0 spiro atoms. The van der Waals surface area contributed by atoms with E-state index in [1.54, 1.807) is 18.2 Å². The summed E-state index contributed by atoms with van der Waals surface area (Å²) in [5.41, 5.74) is 7.02. The lowest BCUT2D eigenvalue weighted by atomic mass is 9.99. The summed E-state index contributed by atoms with van der Waals surface area (Å²) >= 11 is 9.21. The summed E-state index contributed by atoms with van der Waals surface area (Å²) in [6.45, 7) is 0. The van der Waals surface area contributed by atoms with Gasteiger partial charge in [0.2, 0.25) is 0 Å². The summed E-state index contributed by atoms with van der Waals surface area (Å²) < 4.78 is 27.0. The molecular formula is C13H9BrClF2N. The van der Waals surface area contributed by atoms with Crippen molar-refractivity contribution in [2.24, 2.45) is 5.73 Å². The Bertz CT molecular complexity index is 497. The van der Waals surface area contributed by atoms with Gasteiger partial charge in [-0.2, -0.15) is 0 Å². The fourth-order valence-electron chi connectivity index (χ4n) is 1.70. The SMILES string of the molecule is NC(c1cc(F)cc(F)c1)c1cc(Cl)cc(Br)c1. The van der Waals surface area contributed by atoms with Gasteiger partial charge in [-0.05, 0) is 41.5 Å². The Kier molecular flexibility index (Phi) is 4.00. The van der Waals surface area contributed by atoms with Crippen molar-refractivity contribution < 1.29 is 8.78 Å². The molecule has 2 N–H and O–H groups in total. The van der Waals surface area contributed by atoms with Gasteiger partial charge < -0.3 is 5.73 Å². The van der Waals surface area contributed by atoms with E-state index in [-0.39, 0.29) is 0 Å². The van der Waals surface area contributed by atoms with Gasteiger partial charge in [0.25, 0.3) is 0 Å². The van der Waals surface area contributed by atoms with Crippen molar-refractivity contribution in [1.29, 1.82) is 0 Å². The molecule has 5 heteroatoms. The molecule has 0 aliphatic rings. The predicted molar refractivity (Wildman–Crippen MR) is 71.5 cm³/mol. The maximum Gasteiger partial charge on any atom is 0.126 e. The van der Waals surface area contributed by atoms with Crippen molar-refractivity contribution in [3.8, 4) is 0 Å². The number of nitrogens with two attached hydrogens (primary N) is 1. The monoisotopic (exact) mass is 331 g/mol. The van der Waals surface area contributed by atoms with E-state index in [9.17, 15) is 8.78 Å². The first-order chi connectivity index (χ1) is 8.45. The van der Waals surface area contributed by atoms with Crippen LogP contribution >= 0.6 is 27.5 Å². The van der Waals surface area contributed by atoms with Crippen LogP contribution in [-0.4, -0.2) is 0 Å². The zero-order chi connectivity index (χ0) is 13.3. The Morgan fingerprint density at radius 1 is 0.944 bits per heavy atom. The van der Waals surface area contributed by atoms with Crippen LogP contribution in [-0.2, 0) is 0 Å². The van der Waals surface area contributed by atoms with Gasteiger partial charge >= 0.3 is 0 Å². The number of hydrogen-bond donors (Lipinski definition) is 1. The minimum atomic E-state index is -0.651. The van der Waals surface area contributed by atoms with Crippen LogP contribution in [0.25, 0.3) is 0 Å². The quantitative estimate of drug-likeness (QED) is 0.865. The molecule has 0 amide bonds. The molecule has 0 aliphatic heterocycles. The van der Waals surface area contributed by atoms with Crippen molar-refractivity contribution in [1.82, 2.24) is 0 Å². The Morgan fingerprint density at radius 3 is 2.06 bits per heavy atom. The smallest absolute Gasteiger partial charge is 0.126 e. The summed E-state index contributed by atoms with van der Waals surface area (Å²) in [5.74, 6) is -1.30. The van der Waals surface area contributed by atoms with Gasteiger partial charge in [-0.3, -0.25) is 0 Å². The van der Waals surface area contributed by atoms with Gasteiger partial charge in [0.15, 0.2) is 0 Å². The van der Waals surface area contributed by atoms with Crippen LogP contribution in [0.2, 0.25) is 5.02 Å². The number of rotatable bonds is 2. The van der Waals surface area contributed by atoms with Crippen LogP contribution in [0.1, 0.15) is 17.2 Å². The first-order valence-corrected chi connectivity index (χ1v) is 6.30. The van der Waals surface area contributed by atoms with E-state index in [4.69, 9.17) is 17.3 Å². The average molecular weight is 333 g/mol. The third-order valence-corrected chi connectivity index (χ3v) is 3.16. The van der Waals surface area contributed by atoms with E-state index in [0.29, 0.717) is 16.1 Å². The van der Waals surface area contributed by atoms with Gasteiger partial charge in [0, 0.05) is 15.6 Å². The van der Waals surface area contributed by atoms with Crippen molar-refractivity contribution in [2.75, 3.05) is 0 Å². The highest BCUT2D eigenvalue weighted by Crippen LogP contribution is 2.27. The molecule has 0 heterocycles. The highest BCUT2D eigenvalue weighted by atomic mass is 79.9. The maximum atomic E-state index is 13.1. The average Bonchev–Trinajstić information content (AvgIpc) is 2.25. The zero-order valence-electron chi connectivity index (χ0n) is 9.13. The van der Waals surface area contributed by atoms with Crippen molar-refractivity contribution in [3.63, 3.8) is 0 Å². The molecule has 2 aromatic carbocycles. The van der Waals surface area contributed by atoms with E-state index < -0.39 is 17.7 Å². The van der Waals surface area contributed by atoms with Gasteiger partial charge in [-0.15, -0.1) is 0 Å². The van der Waals surface area contributed by atoms with Crippen molar-refractivity contribution in [2.45, 2.75) is 6.04 Å². The molecule has 0 radical (unpaired) electrons. The molecule has 1 unspecified atom stereocenters. The molecule has 0 fully saturated rings. The number of benzene rings is 2. The molecule has 1 atom stereocenters. The minimum absolute atomic E-state index is 0.363. The van der Waals surface area contributed by atoms with Crippen molar-refractivity contribution in [3.05, 3.63) is 68.7 Å². The third-order valence-electron chi connectivity index (χ3n) is 2.49. The second kappa shape index (κ2) is 5.34. The molecular weight excluding hydrogens is 324 g/mol. The minimum Gasteiger partial charge on any atom is -0.320 e. The van der Waals surface area contributed by atoms with E-state index >= 15 is 0 Å². The summed E-state index contributed by atoms with van der Waals surface area (Å²) in [7, 11) is 0. The summed E-state index contributed by atoms with van der Waals surface area (Å²) in [6.07, 6.45) is 0. The molecule has 1 nitrogen and oxygen atoms in total. The second-order valence-electron chi connectivity index (χ2n) is 3.88. The van der Waals surface area contributed by atoms with E-state index in [1.807, 2.05) is 0 Å². The first kappa shape index (κ1) is 13.5. The van der Waals surface area contributed by atoms with Crippen LogP contribution in [0.15, 0.2) is 40.9 Å². The Labute approximate surface area is 117 Å². The molecule has 0 bridgehead atoms. The molecule has 0 saturated carbocycles. The Balaban J connectivity index is 2.43. The van der Waals surface area contributed by atoms with Gasteiger partial charge in [0.05, 0.1) is 6.04 Å². The van der Waals surface area contributed by atoms with E-state index in [0.717, 1.165) is 10.5 Å². The fourth-order valence-corrected chi connectivity index (χ4v) is 2.59. The molecule has 2 rings (SSSR count). The Hall–Kier alpha value is -0.970. The van der Waals surface area contributed by atoms with Crippen LogP contribution in [0.5, 0.6) is 0 Å². The largest absolute Gasteiger partial charge is 0.320 e. The van der Waals surface area contributed by atoms with Gasteiger partial charge in [-0.25, -0.2) is 8.78 Å². The van der Waals surface area contributed by atoms with Crippen molar-refractivity contribution >= 4 is 27.5 Å². The first-order valence-electron chi connectivity index (χ1n) is 5.13. The maximum absolute atomic E-state index is 13.1. The zero-order valence-corrected chi connectivity index (χ0v) is 11.5. The number of hydrogen-bond acceptors (Lipinski definition) is 1. The topological polar surface area (TPSA) is 26.0 Å². The van der Waals surface area contributed by atoms with Crippen LogP contribution < -0.4 is 5.73 Å². The van der Waals surface area contributed by atoms with Gasteiger partial charge in [0.1, 0.15) is 11.6 Å². The van der Waals surface area contributed by atoms with E-state index in [2.05, 4.69) is 15.9 Å². The molecule has 94 valence electrons. The third kappa shape index (κ3) is 3.07. The normalized spacial score (nSPS) is 12.5. The second-order valence-corrected chi connectivity index (χ2v) is 5.24. The molecule has 0 aliphatic carbocycles. The lowest BCUT2D eigenvalue weighted by molar-refractivity contribution is 0.577. The van der Waals surface area contributed by atoms with Gasteiger partial charge in [-0.1, -0.05) is 27.5 Å². The predicted octanol–water partition coefficient (Wildman–Crippen LogP) is 4.43. The Morgan fingerprint density at radius 2 is 1.50 bits per heavy atom. The van der Waals surface area contributed by atoms with E-state index in [1.165, 1.54) is 12.1 Å². The highest BCUT2D eigenvalue weighted by Gasteiger charge is 2.12. The van der Waals surface area contributed by atoms with Crippen LogP contribution in [0, 0.1) is 11.6 Å². The fraction of sp³-hybridized carbons (Fsp3) is 0.0769. The highest BCUT2D eigenvalue weighted by molar-refractivity contribution is 9.10. The lowest BCUT2D eigenvalue weighted by Gasteiger charge is -2.13. The molecule has 0 saturated heterocycles. The standard InChI is InChI=1S/C13H9BrClF2N/c14-9-1-7(2-10(15)5-9)13(18)8-3-11(16)6-12(17)4-8/h1-6,13H,18H2. The van der Waals surface area contributed by atoms with Crippen LogP contribution in [0.3, 0.4) is 0 Å².